The molecule has 2 heterocycles. The zero-order valence-corrected chi connectivity index (χ0v) is 14.4. The molecular weight excluding hydrogens is 332 g/mol. The lowest BCUT2D eigenvalue weighted by Crippen LogP contribution is -2.49. The lowest BCUT2D eigenvalue weighted by Gasteiger charge is -2.37. The predicted octanol–water partition coefficient (Wildman–Crippen LogP) is 2.42. The fraction of sp³-hybridized carbons (Fsp3) is 0.529. The Morgan fingerprint density at radius 2 is 2.08 bits per heavy atom. The van der Waals surface area contributed by atoms with Gasteiger partial charge in [0, 0.05) is 32.5 Å². The zero-order valence-electron chi connectivity index (χ0n) is 13.6. The highest BCUT2D eigenvalue weighted by Gasteiger charge is 2.46. The summed E-state index contributed by atoms with van der Waals surface area (Å²) in [6.45, 7) is 4.34. The molecule has 0 aliphatic carbocycles. The van der Waals surface area contributed by atoms with Gasteiger partial charge in [0.2, 0.25) is 5.91 Å². The molecule has 24 heavy (non-hydrogen) atoms. The predicted molar refractivity (Wildman–Crippen MR) is 89.1 cm³/mol. The second-order valence-corrected chi connectivity index (χ2v) is 6.82. The van der Waals surface area contributed by atoms with E-state index in [9.17, 15) is 14.7 Å². The molecule has 1 aromatic carbocycles. The minimum atomic E-state index is -0.439. The minimum Gasteiger partial charge on any atom is -0.506 e. The number of benzene rings is 1. The van der Waals surface area contributed by atoms with E-state index in [1.807, 2.05) is 6.92 Å². The molecular formula is C17H21ClN2O4. The molecule has 3 rings (SSSR count). The summed E-state index contributed by atoms with van der Waals surface area (Å²) in [5.41, 5.74) is 0.332. The van der Waals surface area contributed by atoms with E-state index in [-0.39, 0.29) is 29.2 Å². The molecule has 1 aromatic rings. The van der Waals surface area contributed by atoms with E-state index in [2.05, 4.69) is 0 Å². The van der Waals surface area contributed by atoms with E-state index >= 15 is 0 Å². The first-order chi connectivity index (χ1) is 11.4. The van der Waals surface area contributed by atoms with Gasteiger partial charge in [-0.05, 0) is 24.6 Å². The first kappa shape index (κ1) is 16.9. The van der Waals surface area contributed by atoms with E-state index in [1.54, 1.807) is 21.9 Å². The molecule has 2 aliphatic heterocycles. The van der Waals surface area contributed by atoms with Crippen LogP contribution in [0.25, 0.3) is 0 Å². The highest BCUT2D eigenvalue weighted by atomic mass is 35.5. The van der Waals surface area contributed by atoms with Gasteiger partial charge in [-0.2, -0.15) is 0 Å². The molecule has 0 atom stereocenters. The van der Waals surface area contributed by atoms with Crippen LogP contribution < -0.4 is 0 Å². The van der Waals surface area contributed by atoms with Crippen molar-refractivity contribution >= 4 is 23.6 Å². The number of likely N-dealkylation sites (tertiary alicyclic amines) is 1. The first-order valence-electron chi connectivity index (χ1n) is 8.15. The van der Waals surface area contributed by atoms with Gasteiger partial charge in [0.05, 0.1) is 18.0 Å². The van der Waals surface area contributed by atoms with Crippen molar-refractivity contribution in [2.75, 3.05) is 26.2 Å². The number of amides is 2. The molecule has 6 nitrogen and oxygen atoms in total. The molecule has 2 amide bonds. The number of aromatic hydroxyl groups is 1. The third-order valence-electron chi connectivity index (χ3n) is 4.82. The summed E-state index contributed by atoms with van der Waals surface area (Å²) >= 11 is 5.88. The number of rotatable bonds is 3. The number of ether oxygens (including phenoxy) is 1. The number of carbonyl (C=O) groups excluding carboxylic acids is 2. The Balaban J connectivity index is 1.57. The first-order valence-corrected chi connectivity index (χ1v) is 8.53. The second kappa shape index (κ2) is 6.51. The van der Waals surface area contributed by atoms with Crippen molar-refractivity contribution in [2.24, 2.45) is 0 Å². The molecule has 2 aliphatic rings. The monoisotopic (exact) mass is 352 g/mol. The molecule has 2 saturated heterocycles. The van der Waals surface area contributed by atoms with Crippen LogP contribution in [-0.2, 0) is 16.0 Å². The van der Waals surface area contributed by atoms with Crippen molar-refractivity contribution in [3.8, 4) is 5.75 Å². The van der Waals surface area contributed by atoms with E-state index in [1.165, 1.54) is 6.07 Å². The Labute approximate surface area is 145 Å². The van der Waals surface area contributed by atoms with Gasteiger partial charge in [-0.3, -0.25) is 4.79 Å². The number of phenolic OH excluding ortho intramolecular Hbond substituents is 1. The molecule has 130 valence electrons. The number of hydrogen-bond donors (Lipinski definition) is 1. The van der Waals surface area contributed by atoms with Crippen molar-refractivity contribution in [2.45, 2.75) is 31.8 Å². The summed E-state index contributed by atoms with van der Waals surface area (Å²) in [7, 11) is 0. The van der Waals surface area contributed by atoms with Gasteiger partial charge in [0.1, 0.15) is 11.4 Å². The number of likely N-dealkylation sites (N-methyl/N-ethyl adjacent to an activating group) is 1. The van der Waals surface area contributed by atoms with Gasteiger partial charge in [-0.15, -0.1) is 0 Å². The van der Waals surface area contributed by atoms with Gasteiger partial charge < -0.3 is 19.6 Å². The number of carbonyl (C=O) groups is 2. The average molecular weight is 353 g/mol. The Bertz CT molecular complexity index is 656. The maximum absolute atomic E-state index is 12.5. The Hall–Kier alpha value is -1.95. The highest BCUT2D eigenvalue weighted by Crippen LogP contribution is 2.33. The normalized spacial score (nSPS) is 19.7. The van der Waals surface area contributed by atoms with Crippen molar-refractivity contribution in [1.82, 2.24) is 9.80 Å². The van der Waals surface area contributed by atoms with Crippen molar-refractivity contribution < 1.29 is 19.4 Å². The van der Waals surface area contributed by atoms with E-state index in [0.717, 1.165) is 5.56 Å². The van der Waals surface area contributed by atoms with Crippen molar-refractivity contribution in [3.05, 3.63) is 28.8 Å². The smallest absolute Gasteiger partial charge is 0.410 e. The van der Waals surface area contributed by atoms with Crippen LogP contribution in [-0.4, -0.2) is 58.7 Å². The van der Waals surface area contributed by atoms with E-state index in [0.29, 0.717) is 39.0 Å². The second-order valence-electron chi connectivity index (χ2n) is 6.41. The third kappa shape index (κ3) is 3.29. The third-order valence-corrected chi connectivity index (χ3v) is 5.12. The summed E-state index contributed by atoms with van der Waals surface area (Å²) in [4.78, 5) is 27.7. The molecule has 7 heteroatoms. The van der Waals surface area contributed by atoms with Crippen LogP contribution in [0.15, 0.2) is 18.2 Å². The van der Waals surface area contributed by atoms with Gasteiger partial charge in [-0.25, -0.2) is 4.79 Å². The lowest BCUT2D eigenvalue weighted by molar-refractivity contribution is -0.133. The Morgan fingerprint density at radius 1 is 1.38 bits per heavy atom. The minimum absolute atomic E-state index is 0.0105. The topological polar surface area (TPSA) is 70.1 Å². The number of nitrogens with zero attached hydrogens (tertiary/aromatic N) is 2. The van der Waals surface area contributed by atoms with Crippen molar-refractivity contribution in [3.63, 3.8) is 0 Å². The Kier molecular flexibility index (Phi) is 4.58. The fourth-order valence-electron chi connectivity index (χ4n) is 3.31. The quantitative estimate of drug-likeness (QED) is 0.907. The molecule has 1 spiro atoms. The summed E-state index contributed by atoms with van der Waals surface area (Å²) in [6.07, 6.45) is 1.32. The zero-order chi connectivity index (χ0) is 17.3. The maximum Gasteiger partial charge on any atom is 0.410 e. The summed E-state index contributed by atoms with van der Waals surface area (Å²) in [5, 5.41) is 9.68. The highest BCUT2D eigenvalue weighted by molar-refractivity contribution is 6.32. The molecule has 0 aromatic heterocycles. The molecule has 1 N–H and O–H groups in total. The number of phenols is 1. The fourth-order valence-corrected chi connectivity index (χ4v) is 3.51. The summed E-state index contributed by atoms with van der Waals surface area (Å²) in [6, 6.07) is 4.80. The molecule has 0 unspecified atom stereocenters. The molecule has 0 saturated carbocycles. The standard InChI is InChI=1S/C17H21ClN2O4/c1-2-19-11-17(24-16(19)23)5-7-20(8-6-17)15(22)10-12-3-4-14(21)13(18)9-12/h3-4,9,21H,2,5-8,10-11H2,1H3. The molecule has 0 radical (unpaired) electrons. The van der Waals surface area contributed by atoms with Crippen LogP contribution in [0.2, 0.25) is 5.02 Å². The number of halogens is 1. The van der Waals surface area contributed by atoms with Crippen LogP contribution in [0.5, 0.6) is 5.75 Å². The van der Waals surface area contributed by atoms with E-state index < -0.39 is 5.60 Å². The SMILES string of the molecule is CCN1CC2(CCN(C(=O)Cc3ccc(O)c(Cl)c3)CC2)OC1=O. The Morgan fingerprint density at radius 3 is 2.67 bits per heavy atom. The number of piperidine rings is 1. The number of hydrogen-bond acceptors (Lipinski definition) is 4. The largest absolute Gasteiger partial charge is 0.506 e. The van der Waals surface area contributed by atoms with Crippen LogP contribution >= 0.6 is 11.6 Å². The molecule has 2 fully saturated rings. The van der Waals surface area contributed by atoms with Crippen molar-refractivity contribution in [1.29, 1.82) is 0 Å². The summed E-state index contributed by atoms with van der Waals surface area (Å²) in [5.74, 6) is 0.0274. The van der Waals surface area contributed by atoms with E-state index in [4.69, 9.17) is 16.3 Å². The van der Waals surface area contributed by atoms with Gasteiger partial charge in [-0.1, -0.05) is 17.7 Å². The lowest BCUT2D eigenvalue weighted by atomic mass is 9.91. The van der Waals surface area contributed by atoms with Crippen LogP contribution in [0.1, 0.15) is 25.3 Å². The van der Waals surface area contributed by atoms with Gasteiger partial charge in [0.15, 0.2) is 0 Å². The van der Waals surface area contributed by atoms with Gasteiger partial charge >= 0.3 is 6.09 Å². The average Bonchev–Trinajstić information content (AvgIpc) is 2.87. The van der Waals surface area contributed by atoms with Crippen LogP contribution in [0.3, 0.4) is 0 Å². The maximum atomic E-state index is 12.5. The van der Waals surface area contributed by atoms with Crippen LogP contribution in [0.4, 0.5) is 4.79 Å². The van der Waals surface area contributed by atoms with Gasteiger partial charge in [0.25, 0.3) is 0 Å². The van der Waals surface area contributed by atoms with Crippen LogP contribution in [0, 0.1) is 0 Å². The molecule has 0 bridgehead atoms. The summed E-state index contributed by atoms with van der Waals surface area (Å²) < 4.78 is 5.57.